The van der Waals surface area contributed by atoms with E-state index in [9.17, 15) is 26.3 Å². The van der Waals surface area contributed by atoms with E-state index in [0.717, 1.165) is 10.9 Å². The Morgan fingerprint density at radius 1 is 0.696 bits per heavy atom. The number of hydrogen-bond donors (Lipinski definition) is 4. The number of nitrogens with one attached hydrogen (secondary N) is 4. The highest BCUT2D eigenvalue weighted by atomic mass is 19.3. The molecular weight excluding hydrogens is 738 g/mol. The molecule has 56 heavy (non-hydrogen) atoms. The second kappa shape index (κ2) is 17.4. The fourth-order valence-electron chi connectivity index (χ4n) is 5.39. The largest absolute Gasteiger partial charge is 0.376 e. The Kier molecular flexibility index (Phi) is 12.1. The summed E-state index contributed by atoms with van der Waals surface area (Å²) in [7, 11) is 0. The van der Waals surface area contributed by atoms with Crippen LogP contribution in [0.3, 0.4) is 0 Å². The van der Waals surface area contributed by atoms with E-state index in [2.05, 4.69) is 51.0 Å². The summed E-state index contributed by atoms with van der Waals surface area (Å²) in [6.45, 7) is 2.44. The lowest BCUT2D eigenvalue weighted by molar-refractivity contribution is 0.122. The zero-order valence-electron chi connectivity index (χ0n) is 29.7. The van der Waals surface area contributed by atoms with Crippen LogP contribution in [-0.4, -0.2) is 65.3 Å². The van der Waals surface area contributed by atoms with Gasteiger partial charge in [-0.2, -0.15) is 5.10 Å². The van der Waals surface area contributed by atoms with Crippen LogP contribution in [0.5, 0.6) is 0 Å². The fourth-order valence-corrected chi connectivity index (χ4v) is 5.39. The molecule has 0 unspecified atom stereocenters. The molecule has 4 N–H and O–H groups in total. The number of alkyl halides is 4. The van der Waals surface area contributed by atoms with Crippen molar-refractivity contribution in [3.63, 3.8) is 0 Å². The van der Waals surface area contributed by atoms with Crippen molar-refractivity contribution in [2.45, 2.75) is 33.2 Å². The topological polar surface area (TPSA) is 155 Å². The minimum atomic E-state index is -2.56. The summed E-state index contributed by atoms with van der Waals surface area (Å²) in [6.07, 6.45) is 3.42. The van der Waals surface area contributed by atoms with Crippen molar-refractivity contribution in [1.82, 2.24) is 39.7 Å². The van der Waals surface area contributed by atoms with E-state index in [1.54, 1.807) is 68.6 Å². The molecule has 0 aliphatic carbocycles. The Morgan fingerprint density at radius 3 is 1.82 bits per heavy atom. The van der Waals surface area contributed by atoms with Crippen LogP contribution in [0.25, 0.3) is 33.8 Å². The lowest BCUT2D eigenvalue weighted by Crippen LogP contribution is -2.13. The van der Waals surface area contributed by atoms with Crippen LogP contribution in [0.4, 0.5) is 54.8 Å². The van der Waals surface area contributed by atoms with Crippen LogP contribution in [-0.2, 0) is 6.54 Å². The van der Waals surface area contributed by atoms with Gasteiger partial charge < -0.3 is 21.4 Å². The van der Waals surface area contributed by atoms with E-state index in [1.807, 2.05) is 0 Å². The molecule has 18 heteroatoms. The molecule has 0 aromatic carbocycles. The SMILES string of the molecule is Cc1ccc(F)c(-c2cc(Nc3ccnc(C=N)c3NCC(F)F)ccn2)n1.Cc1ccc(F)c(-c2cc(Nc3ccnc4cn(CC(F)F)nc34)ccn2)n1. The van der Waals surface area contributed by atoms with Gasteiger partial charge >= 0.3 is 0 Å². The lowest BCUT2D eigenvalue weighted by Gasteiger charge is -2.16. The van der Waals surface area contributed by atoms with Crippen LogP contribution >= 0.6 is 0 Å². The van der Waals surface area contributed by atoms with E-state index < -0.39 is 37.6 Å². The molecule has 7 heterocycles. The van der Waals surface area contributed by atoms with Crippen molar-refractivity contribution in [2.75, 3.05) is 22.5 Å². The Balaban J connectivity index is 0.000000190. The summed E-state index contributed by atoms with van der Waals surface area (Å²) >= 11 is 0. The smallest absolute Gasteiger partial charge is 0.257 e. The number of aryl methyl sites for hydroxylation is 2. The van der Waals surface area contributed by atoms with Crippen molar-refractivity contribution in [3.05, 3.63) is 120 Å². The van der Waals surface area contributed by atoms with Crippen LogP contribution in [0.15, 0.2) is 91.6 Å². The van der Waals surface area contributed by atoms with Gasteiger partial charge in [0.2, 0.25) is 0 Å². The molecule has 0 spiro atoms. The van der Waals surface area contributed by atoms with Crippen molar-refractivity contribution in [2.24, 2.45) is 0 Å². The number of hydrogen-bond acceptors (Lipinski definition) is 11. The third-order valence-corrected chi connectivity index (χ3v) is 7.86. The van der Waals surface area contributed by atoms with E-state index in [0.29, 0.717) is 56.6 Å². The average Bonchev–Trinajstić information content (AvgIpc) is 3.59. The Labute approximate surface area is 315 Å². The zero-order chi connectivity index (χ0) is 39.8. The van der Waals surface area contributed by atoms with Gasteiger partial charge in [0.1, 0.15) is 34.7 Å². The standard InChI is InChI=1S/C19H15F3N6.C19H17F3N6/c1-11-2-3-13(20)18(25-11)15-8-12(4-6-23-15)26-14-5-7-24-16-9-28(10-17(21)22)27-19(14)16;1-11-2-3-13(20)18(27-11)15-8-12(4-6-24-15)28-14-5-7-25-16(9-23)19(14)26-10-17(21)22/h2-9,17H,10H2,1H3,(H,23,26);2-9,17,23,26H,10H2,1H3,(H,24,25,28). The molecule has 0 atom stereocenters. The van der Waals surface area contributed by atoms with Crippen molar-refractivity contribution in [3.8, 4) is 22.8 Å². The lowest BCUT2D eigenvalue weighted by atomic mass is 10.2. The molecule has 0 bridgehead atoms. The first-order valence-corrected chi connectivity index (χ1v) is 16.8. The zero-order valence-corrected chi connectivity index (χ0v) is 29.7. The summed E-state index contributed by atoms with van der Waals surface area (Å²) in [6, 6.07) is 15.7. The quantitative estimate of drug-likeness (QED) is 0.0700. The summed E-state index contributed by atoms with van der Waals surface area (Å²) < 4.78 is 79.9. The van der Waals surface area contributed by atoms with Crippen molar-refractivity contribution in [1.29, 1.82) is 5.41 Å². The van der Waals surface area contributed by atoms with Gasteiger partial charge in [-0.15, -0.1) is 0 Å². The van der Waals surface area contributed by atoms with Gasteiger partial charge in [0, 0.05) is 53.8 Å². The van der Waals surface area contributed by atoms with Gasteiger partial charge in [0.05, 0.1) is 41.2 Å². The van der Waals surface area contributed by atoms with Crippen molar-refractivity contribution >= 4 is 45.7 Å². The summed E-state index contributed by atoms with van der Waals surface area (Å²) in [4.78, 5) is 24.9. The minimum absolute atomic E-state index is 0.120. The number of aromatic nitrogens is 8. The maximum atomic E-state index is 14.1. The predicted octanol–water partition coefficient (Wildman–Crippen LogP) is 8.75. The third kappa shape index (κ3) is 9.57. The monoisotopic (exact) mass is 770 g/mol. The molecule has 7 aromatic rings. The molecule has 0 aliphatic heterocycles. The van der Waals surface area contributed by atoms with E-state index >= 15 is 0 Å². The van der Waals surface area contributed by atoms with E-state index in [-0.39, 0.29) is 22.8 Å². The molecule has 0 saturated carbocycles. The van der Waals surface area contributed by atoms with Gasteiger partial charge in [-0.25, -0.2) is 36.3 Å². The first kappa shape index (κ1) is 38.7. The number of nitrogens with zero attached hydrogens (tertiary/aromatic N) is 8. The van der Waals surface area contributed by atoms with Crippen LogP contribution in [0.1, 0.15) is 17.1 Å². The van der Waals surface area contributed by atoms with E-state index in [1.165, 1.54) is 36.9 Å². The van der Waals surface area contributed by atoms with Gasteiger partial charge in [-0.1, -0.05) is 0 Å². The average molecular weight is 771 g/mol. The number of pyridine rings is 6. The molecule has 286 valence electrons. The first-order chi connectivity index (χ1) is 27.0. The molecule has 0 amide bonds. The molecule has 7 aromatic heterocycles. The number of halogens is 6. The summed E-state index contributed by atoms with van der Waals surface area (Å²) in [5.41, 5.74) is 5.97. The summed E-state index contributed by atoms with van der Waals surface area (Å²) in [5, 5.41) is 20.5. The molecular formula is C38H32F6N12. The Bertz CT molecular complexity index is 2480. The highest BCUT2D eigenvalue weighted by molar-refractivity contribution is 5.91. The number of rotatable bonds is 12. The Hall–Kier alpha value is -6.98. The minimum Gasteiger partial charge on any atom is -0.376 e. The highest BCUT2D eigenvalue weighted by Gasteiger charge is 2.15. The van der Waals surface area contributed by atoms with Gasteiger partial charge in [0.15, 0.2) is 11.6 Å². The first-order valence-electron chi connectivity index (χ1n) is 16.8. The molecule has 0 saturated heterocycles. The predicted molar refractivity (Wildman–Crippen MR) is 201 cm³/mol. The number of anilines is 5. The summed E-state index contributed by atoms with van der Waals surface area (Å²) in [5.74, 6) is -0.961. The molecule has 12 nitrogen and oxygen atoms in total. The van der Waals surface area contributed by atoms with Crippen LogP contribution < -0.4 is 16.0 Å². The maximum absolute atomic E-state index is 14.1. The molecule has 0 aliphatic rings. The maximum Gasteiger partial charge on any atom is 0.257 e. The third-order valence-electron chi connectivity index (χ3n) is 7.86. The normalized spacial score (nSPS) is 11.0. The van der Waals surface area contributed by atoms with Gasteiger partial charge in [-0.3, -0.25) is 24.6 Å². The molecule has 0 fully saturated rings. The van der Waals surface area contributed by atoms with Crippen LogP contribution in [0.2, 0.25) is 0 Å². The number of fused-ring (bicyclic) bond motifs is 1. The van der Waals surface area contributed by atoms with Crippen molar-refractivity contribution < 1.29 is 26.3 Å². The fraction of sp³-hybridized carbons (Fsp3) is 0.158. The second-order valence-electron chi connectivity index (χ2n) is 12.0. The Morgan fingerprint density at radius 2 is 1.25 bits per heavy atom. The van der Waals surface area contributed by atoms with Crippen LogP contribution in [0, 0.1) is 30.9 Å². The highest BCUT2D eigenvalue weighted by Crippen LogP contribution is 2.30. The second-order valence-corrected chi connectivity index (χ2v) is 12.0. The van der Waals surface area contributed by atoms with Gasteiger partial charge in [-0.05, 0) is 74.5 Å². The van der Waals surface area contributed by atoms with Gasteiger partial charge in [0.25, 0.3) is 12.9 Å². The molecule has 0 radical (unpaired) electrons. The van der Waals surface area contributed by atoms with E-state index in [4.69, 9.17) is 5.41 Å². The molecule has 7 rings (SSSR count).